The van der Waals surface area contributed by atoms with Crippen LogP contribution in [0.3, 0.4) is 0 Å². The molecule has 5 saturated carbocycles. The highest BCUT2D eigenvalue weighted by molar-refractivity contribution is 6.74. The first kappa shape index (κ1) is 20.7. The average Bonchev–Trinajstić information content (AvgIpc) is 3.30. The molecule has 3 unspecified atom stereocenters. The molecule has 29 heavy (non-hydrogen) atoms. The number of carbonyl (C=O) groups is 1. The molecule has 0 spiro atoms. The standard InChI is InChI=1S/C26H44O2Si/c1-24(2,3)29(6,7)28-23-18-14-16(18)15-26(5)20-12-13-25(4)19(10-11-22(25)27)17(20)8-9-21(23)26/h16-21,23H,8-15H2,1-7H3/t16-,17?,18-,19?,20?,21+,23-,25+,26-/m1/s1. The van der Waals surface area contributed by atoms with Crippen LogP contribution < -0.4 is 0 Å². The normalized spacial score (nSPS) is 51.7. The number of carbonyl (C=O) groups excluding carboxylic acids is 1. The third kappa shape index (κ3) is 2.85. The fourth-order valence-corrected chi connectivity index (χ4v) is 9.93. The molecule has 0 bridgehead atoms. The lowest BCUT2D eigenvalue weighted by atomic mass is 9.45. The summed E-state index contributed by atoms with van der Waals surface area (Å²) in [7, 11) is -1.75. The smallest absolute Gasteiger partial charge is 0.192 e. The minimum Gasteiger partial charge on any atom is -0.413 e. The van der Waals surface area contributed by atoms with Gasteiger partial charge in [-0.1, -0.05) is 34.6 Å². The van der Waals surface area contributed by atoms with Gasteiger partial charge in [-0.15, -0.1) is 0 Å². The van der Waals surface area contributed by atoms with Crippen molar-refractivity contribution in [1.29, 1.82) is 0 Å². The zero-order chi connectivity index (χ0) is 21.0. The molecule has 0 aromatic heterocycles. The number of ketones is 1. The Balaban J connectivity index is 1.43. The van der Waals surface area contributed by atoms with Crippen LogP contribution >= 0.6 is 0 Å². The maximum Gasteiger partial charge on any atom is 0.192 e. The molecular formula is C26H44O2Si. The Kier molecular flexibility index (Phi) is 4.44. The summed E-state index contributed by atoms with van der Waals surface area (Å²) in [6.07, 6.45) is 10.6. The van der Waals surface area contributed by atoms with Crippen LogP contribution in [0.4, 0.5) is 0 Å². The van der Waals surface area contributed by atoms with E-state index in [0.29, 0.717) is 28.3 Å². The van der Waals surface area contributed by atoms with Crippen LogP contribution in [0.2, 0.25) is 18.1 Å². The highest BCUT2D eigenvalue weighted by Gasteiger charge is 2.66. The molecule has 0 radical (unpaired) electrons. The van der Waals surface area contributed by atoms with Crippen LogP contribution in [0.25, 0.3) is 0 Å². The molecule has 0 aliphatic heterocycles. The van der Waals surface area contributed by atoms with E-state index in [-0.39, 0.29) is 5.41 Å². The number of hydrogen-bond donors (Lipinski definition) is 0. The Morgan fingerprint density at radius 3 is 2.38 bits per heavy atom. The van der Waals surface area contributed by atoms with Crippen molar-refractivity contribution < 1.29 is 9.22 Å². The zero-order valence-electron chi connectivity index (χ0n) is 20.0. The molecule has 0 aromatic carbocycles. The molecular weight excluding hydrogens is 372 g/mol. The zero-order valence-corrected chi connectivity index (χ0v) is 21.0. The van der Waals surface area contributed by atoms with Crippen LogP contribution in [0, 0.1) is 46.3 Å². The molecule has 0 amide bonds. The van der Waals surface area contributed by atoms with Gasteiger partial charge in [-0.25, -0.2) is 0 Å². The van der Waals surface area contributed by atoms with Crippen molar-refractivity contribution in [3.8, 4) is 0 Å². The molecule has 164 valence electrons. The second-order valence-corrected chi connectivity index (χ2v) is 18.4. The van der Waals surface area contributed by atoms with Crippen molar-refractivity contribution in [2.45, 2.75) is 110 Å². The summed E-state index contributed by atoms with van der Waals surface area (Å²) in [5.41, 5.74) is 0.457. The number of hydrogen-bond acceptors (Lipinski definition) is 2. The summed E-state index contributed by atoms with van der Waals surface area (Å²) in [6, 6.07) is 0. The van der Waals surface area contributed by atoms with Crippen molar-refractivity contribution in [3.63, 3.8) is 0 Å². The number of rotatable bonds is 2. The van der Waals surface area contributed by atoms with Gasteiger partial charge in [-0.05, 0) is 104 Å². The first-order valence-corrected chi connectivity index (χ1v) is 15.5. The van der Waals surface area contributed by atoms with Gasteiger partial charge in [0.2, 0.25) is 0 Å². The first-order chi connectivity index (χ1) is 13.4. The Morgan fingerprint density at radius 2 is 1.69 bits per heavy atom. The minimum atomic E-state index is -1.75. The quantitative estimate of drug-likeness (QED) is 0.460. The summed E-state index contributed by atoms with van der Waals surface area (Å²) < 4.78 is 7.22. The van der Waals surface area contributed by atoms with E-state index < -0.39 is 8.32 Å². The third-order valence-corrected chi connectivity index (χ3v) is 15.9. The third-order valence-electron chi connectivity index (χ3n) is 11.4. The van der Waals surface area contributed by atoms with Gasteiger partial charge in [0.15, 0.2) is 8.32 Å². The fraction of sp³-hybridized carbons (Fsp3) is 0.962. The van der Waals surface area contributed by atoms with E-state index in [0.717, 1.165) is 42.4 Å². The molecule has 5 rings (SSSR count). The maximum atomic E-state index is 12.7. The van der Waals surface area contributed by atoms with Crippen molar-refractivity contribution in [2.24, 2.45) is 46.3 Å². The monoisotopic (exact) mass is 416 g/mol. The van der Waals surface area contributed by atoms with Crippen LogP contribution in [-0.4, -0.2) is 20.2 Å². The number of Topliss-reactive ketones (excluding diaryl/α,β-unsaturated/α-hetero) is 1. The molecule has 9 atom stereocenters. The molecule has 3 heteroatoms. The van der Waals surface area contributed by atoms with Crippen LogP contribution in [0.5, 0.6) is 0 Å². The van der Waals surface area contributed by atoms with Crippen LogP contribution in [0.1, 0.15) is 86.0 Å². The summed E-state index contributed by atoms with van der Waals surface area (Å²) in [4.78, 5) is 12.7. The van der Waals surface area contributed by atoms with E-state index in [9.17, 15) is 4.79 Å². The highest BCUT2D eigenvalue weighted by atomic mass is 28.4. The van der Waals surface area contributed by atoms with Gasteiger partial charge in [0.25, 0.3) is 0 Å². The van der Waals surface area contributed by atoms with E-state index in [1.807, 2.05) is 0 Å². The first-order valence-electron chi connectivity index (χ1n) is 12.6. The molecule has 2 nitrogen and oxygen atoms in total. The Bertz CT molecular complexity index is 708. The summed E-state index contributed by atoms with van der Waals surface area (Å²) >= 11 is 0. The second kappa shape index (κ2) is 6.21. The van der Waals surface area contributed by atoms with Crippen molar-refractivity contribution in [2.75, 3.05) is 0 Å². The summed E-state index contributed by atoms with van der Waals surface area (Å²) in [5.74, 6) is 5.40. The van der Waals surface area contributed by atoms with Gasteiger partial charge in [0.1, 0.15) is 5.78 Å². The van der Waals surface area contributed by atoms with Crippen molar-refractivity contribution in [1.82, 2.24) is 0 Å². The van der Waals surface area contributed by atoms with Crippen molar-refractivity contribution >= 4 is 14.1 Å². The highest BCUT2D eigenvalue weighted by Crippen LogP contribution is 2.70. The average molecular weight is 417 g/mol. The molecule has 0 N–H and O–H groups in total. The maximum absolute atomic E-state index is 12.7. The predicted molar refractivity (Wildman–Crippen MR) is 121 cm³/mol. The van der Waals surface area contributed by atoms with E-state index >= 15 is 0 Å². The Morgan fingerprint density at radius 1 is 0.966 bits per heavy atom. The van der Waals surface area contributed by atoms with Gasteiger partial charge in [-0.2, -0.15) is 0 Å². The molecule has 0 aromatic rings. The van der Waals surface area contributed by atoms with E-state index in [1.54, 1.807) is 0 Å². The van der Waals surface area contributed by atoms with Gasteiger partial charge in [0, 0.05) is 11.8 Å². The molecule has 0 heterocycles. The summed E-state index contributed by atoms with van der Waals surface area (Å²) in [6.45, 7) is 17.1. The SMILES string of the molecule is CC(C)(C)[Si](C)(C)O[C@@H]1[C@@H]2C[C@@H]2C[C@]2(C)C3CC[C@]4(C)C(=O)CCC4C3CC[C@@H]12. The van der Waals surface area contributed by atoms with E-state index in [1.165, 1.54) is 38.5 Å². The van der Waals surface area contributed by atoms with Crippen molar-refractivity contribution in [3.05, 3.63) is 0 Å². The molecule has 0 saturated heterocycles. The molecule has 5 aliphatic rings. The lowest BCUT2D eigenvalue weighted by Crippen LogP contribution is -2.58. The predicted octanol–water partition coefficient (Wildman–Crippen LogP) is 6.84. The molecule has 5 fully saturated rings. The lowest BCUT2D eigenvalue weighted by molar-refractivity contribution is -0.150. The summed E-state index contributed by atoms with van der Waals surface area (Å²) in [5, 5.41) is 0.291. The number of fused-ring (bicyclic) bond motifs is 6. The largest absolute Gasteiger partial charge is 0.413 e. The van der Waals surface area contributed by atoms with Gasteiger partial charge in [0.05, 0.1) is 6.10 Å². The fourth-order valence-electron chi connectivity index (χ4n) is 8.56. The van der Waals surface area contributed by atoms with E-state index in [4.69, 9.17) is 4.43 Å². The van der Waals surface area contributed by atoms with Crippen LogP contribution in [-0.2, 0) is 9.22 Å². The Labute approximate surface area is 180 Å². The topological polar surface area (TPSA) is 26.3 Å². The minimum absolute atomic E-state index is 0.0121. The Hall–Kier alpha value is -0.153. The van der Waals surface area contributed by atoms with Crippen LogP contribution in [0.15, 0.2) is 0 Å². The lowest BCUT2D eigenvalue weighted by Gasteiger charge is -2.61. The second-order valence-electron chi connectivity index (χ2n) is 13.7. The molecule has 5 aliphatic carbocycles. The van der Waals surface area contributed by atoms with Gasteiger partial charge < -0.3 is 4.43 Å². The van der Waals surface area contributed by atoms with Gasteiger partial charge in [-0.3, -0.25) is 4.79 Å². The van der Waals surface area contributed by atoms with Gasteiger partial charge >= 0.3 is 0 Å². The van der Waals surface area contributed by atoms with E-state index in [2.05, 4.69) is 47.7 Å².